The Morgan fingerprint density at radius 2 is 1.89 bits per heavy atom. The van der Waals surface area contributed by atoms with Crippen molar-refractivity contribution in [1.82, 2.24) is 10.2 Å². The Bertz CT molecular complexity index is 369. The largest absolute Gasteiger partial charge is 0.508 e. The molecule has 0 amide bonds. The summed E-state index contributed by atoms with van der Waals surface area (Å²) in [7, 11) is 0. The van der Waals surface area contributed by atoms with Gasteiger partial charge in [0.05, 0.1) is 0 Å². The summed E-state index contributed by atoms with van der Waals surface area (Å²) in [6.07, 6.45) is 2.57. The molecular formula is C16H26N2O. The number of nitrogens with one attached hydrogen (secondary N) is 1. The molecule has 1 aromatic rings. The molecule has 1 aromatic carbocycles. The topological polar surface area (TPSA) is 35.5 Å². The Kier molecular flexibility index (Phi) is 5.23. The van der Waals surface area contributed by atoms with E-state index in [2.05, 4.69) is 24.1 Å². The molecule has 2 N–H and O–H groups in total. The lowest BCUT2D eigenvalue weighted by molar-refractivity contribution is 0.157. The molecule has 19 heavy (non-hydrogen) atoms. The van der Waals surface area contributed by atoms with E-state index in [9.17, 15) is 5.11 Å². The fraction of sp³-hybridized carbons (Fsp3) is 0.625. The minimum Gasteiger partial charge on any atom is -0.508 e. The van der Waals surface area contributed by atoms with Gasteiger partial charge in [0.15, 0.2) is 0 Å². The van der Waals surface area contributed by atoms with E-state index in [1.807, 2.05) is 12.1 Å². The van der Waals surface area contributed by atoms with E-state index >= 15 is 0 Å². The Morgan fingerprint density at radius 3 is 2.47 bits per heavy atom. The van der Waals surface area contributed by atoms with Gasteiger partial charge in [-0.05, 0) is 63.0 Å². The molecule has 2 rings (SSSR count). The maximum atomic E-state index is 9.29. The number of likely N-dealkylation sites (tertiary alicyclic amines) is 1. The van der Waals surface area contributed by atoms with Gasteiger partial charge < -0.3 is 10.4 Å². The van der Waals surface area contributed by atoms with Crippen LogP contribution in [0.3, 0.4) is 0 Å². The van der Waals surface area contributed by atoms with Crippen molar-refractivity contribution in [3.05, 3.63) is 29.8 Å². The van der Waals surface area contributed by atoms with Crippen molar-refractivity contribution in [1.29, 1.82) is 0 Å². The van der Waals surface area contributed by atoms with Crippen LogP contribution in [0.15, 0.2) is 24.3 Å². The highest BCUT2D eigenvalue weighted by Gasteiger charge is 2.23. The van der Waals surface area contributed by atoms with Crippen molar-refractivity contribution in [3.8, 4) is 5.75 Å². The first-order valence-electron chi connectivity index (χ1n) is 7.42. The van der Waals surface area contributed by atoms with E-state index in [4.69, 9.17) is 0 Å². The highest BCUT2D eigenvalue weighted by atomic mass is 16.3. The zero-order chi connectivity index (χ0) is 13.7. The maximum Gasteiger partial charge on any atom is 0.115 e. The van der Waals surface area contributed by atoms with Gasteiger partial charge in [-0.1, -0.05) is 19.1 Å². The third-order valence-corrected chi connectivity index (χ3v) is 4.21. The molecule has 1 aliphatic rings. The first kappa shape index (κ1) is 14.4. The number of benzene rings is 1. The summed E-state index contributed by atoms with van der Waals surface area (Å²) in [6.45, 7) is 8.92. The smallest absolute Gasteiger partial charge is 0.115 e. The zero-order valence-electron chi connectivity index (χ0n) is 12.1. The van der Waals surface area contributed by atoms with Gasteiger partial charge >= 0.3 is 0 Å². The summed E-state index contributed by atoms with van der Waals surface area (Å²) < 4.78 is 0. The van der Waals surface area contributed by atoms with E-state index in [1.54, 1.807) is 12.1 Å². The standard InChI is InChI=1S/C16H26N2O/c1-3-17-13(2)15-8-10-18(11-9-15)12-14-4-6-16(19)7-5-14/h4-7,13,15,17,19H,3,8-12H2,1-2H3. The van der Waals surface area contributed by atoms with Crippen LogP contribution in [-0.2, 0) is 6.54 Å². The number of hydrogen-bond acceptors (Lipinski definition) is 3. The van der Waals surface area contributed by atoms with Crippen molar-refractivity contribution in [2.75, 3.05) is 19.6 Å². The van der Waals surface area contributed by atoms with Crippen molar-refractivity contribution in [2.45, 2.75) is 39.3 Å². The number of hydrogen-bond donors (Lipinski definition) is 2. The Balaban J connectivity index is 1.78. The van der Waals surface area contributed by atoms with Crippen molar-refractivity contribution in [3.63, 3.8) is 0 Å². The molecule has 0 aromatic heterocycles. The average Bonchev–Trinajstić information content (AvgIpc) is 2.42. The summed E-state index contributed by atoms with van der Waals surface area (Å²) >= 11 is 0. The van der Waals surface area contributed by atoms with Crippen molar-refractivity contribution >= 4 is 0 Å². The zero-order valence-corrected chi connectivity index (χ0v) is 12.1. The minimum absolute atomic E-state index is 0.349. The van der Waals surface area contributed by atoms with Gasteiger partial charge in [0, 0.05) is 12.6 Å². The van der Waals surface area contributed by atoms with Crippen molar-refractivity contribution < 1.29 is 5.11 Å². The number of phenolic OH excluding ortho intramolecular Hbond substituents is 1. The molecule has 3 nitrogen and oxygen atoms in total. The molecule has 1 saturated heterocycles. The molecule has 1 unspecified atom stereocenters. The van der Waals surface area contributed by atoms with Crippen LogP contribution in [0, 0.1) is 5.92 Å². The molecule has 0 aliphatic carbocycles. The molecule has 3 heteroatoms. The predicted molar refractivity (Wildman–Crippen MR) is 79.2 cm³/mol. The first-order chi connectivity index (χ1) is 9.19. The van der Waals surface area contributed by atoms with Gasteiger partial charge in [0.2, 0.25) is 0 Å². The lowest BCUT2D eigenvalue weighted by Crippen LogP contribution is -2.41. The van der Waals surface area contributed by atoms with Crippen LogP contribution in [0.1, 0.15) is 32.3 Å². The van der Waals surface area contributed by atoms with Gasteiger partial charge in [0.25, 0.3) is 0 Å². The molecule has 0 radical (unpaired) electrons. The lowest BCUT2D eigenvalue weighted by Gasteiger charge is -2.35. The molecule has 1 fully saturated rings. The molecule has 0 spiro atoms. The van der Waals surface area contributed by atoms with Crippen LogP contribution < -0.4 is 5.32 Å². The molecular weight excluding hydrogens is 236 g/mol. The third-order valence-electron chi connectivity index (χ3n) is 4.21. The average molecular weight is 262 g/mol. The fourth-order valence-electron chi connectivity index (χ4n) is 2.96. The van der Waals surface area contributed by atoms with E-state index in [0.29, 0.717) is 11.8 Å². The number of rotatable bonds is 5. The lowest BCUT2D eigenvalue weighted by atomic mass is 9.90. The van der Waals surface area contributed by atoms with Gasteiger partial charge in [-0.15, -0.1) is 0 Å². The highest BCUT2D eigenvalue weighted by Crippen LogP contribution is 2.22. The number of aromatic hydroxyl groups is 1. The Labute approximate surface area is 116 Å². The van der Waals surface area contributed by atoms with E-state index < -0.39 is 0 Å². The third kappa shape index (κ3) is 4.22. The summed E-state index contributed by atoms with van der Waals surface area (Å²) in [6, 6.07) is 8.22. The normalized spacial score (nSPS) is 19.5. The summed E-state index contributed by atoms with van der Waals surface area (Å²) in [5, 5.41) is 12.8. The van der Waals surface area contributed by atoms with Gasteiger partial charge in [0.1, 0.15) is 5.75 Å². The van der Waals surface area contributed by atoms with Crippen LogP contribution in [-0.4, -0.2) is 35.7 Å². The molecule has 0 bridgehead atoms. The molecule has 0 saturated carbocycles. The van der Waals surface area contributed by atoms with Crippen LogP contribution in [0.2, 0.25) is 0 Å². The SMILES string of the molecule is CCNC(C)C1CCN(Cc2ccc(O)cc2)CC1. The van der Waals surface area contributed by atoms with Crippen LogP contribution >= 0.6 is 0 Å². The van der Waals surface area contributed by atoms with Gasteiger partial charge in [-0.25, -0.2) is 0 Å². The number of phenols is 1. The van der Waals surface area contributed by atoms with Gasteiger partial charge in [-0.3, -0.25) is 4.90 Å². The van der Waals surface area contributed by atoms with E-state index in [1.165, 1.54) is 31.5 Å². The monoisotopic (exact) mass is 262 g/mol. The molecule has 1 atom stereocenters. The minimum atomic E-state index is 0.349. The molecule has 106 valence electrons. The Hall–Kier alpha value is -1.06. The fourth-order valence-corrected chi connectivity index (χ4v) is 2.96. The summed E-state index contributed by atoms with van der Waals surface area (Å²) in [5.41, 5.74) is 1.29. The van der Waals surface area contributed by atoms with Crippen molar-refractivity contribution in [2.24, 2.45) is 5.92 Å². The summed E-state index contributed by atoms with van der Waals surface area (Å²) in [4.78, 5) is 2.52. The second-order valence-corrected chi connectivity index (χ2v) is 5.63. The molecule has 1 aliphatic heterocycles. The quantitative estimate of drug-likeness (QED) is 0.856. The summed E-state index contributed by atoms with van der Waals surface area (Å²) in [5.74, 6) is 1.16. The Morgan fingerprint density at radius 1 is 1.26 bits per heavy atom. The molecule has 1 heterocycles. The van der Waals surface area contributed by atoms with Crippen LogP contribution in [0.4, 0.5) is 0 Å². The first-order valence-corrected chi connectivity index (χ1v) is 7.42. The van der Waals surface area contributed by atoms with Crippen LogP contribution in [0.5, 0.6) is 5.75 Å². The van der Waals surface area contributed by atoms with E-state index in [0.717, 1.165) is 19.0 Å². The van der Waals surface area contributed by atoms with Gasteiger partial charge in [-0.2, -0.15) is 0 Å². The number of piperidine rings is 1. The maximum absolute atomic E-state index is 9.29. The number of nitrogens with zero attached hydrogens (tertiary/aromatic N) is 1. The highest BCUT2D eigenvalue weighted by molar-refractivity contribution is 5.25. The van der Waals surface area contributed by atoms with E-state index in [-0.39, 0.29) is 0 Å². The van der Waals surface area contributed by atoms with Crippen LogP contribution in [0.25, 0.3) is 0 Å². The second-order valence-electron chi connectivity index (χ2n) is 5.63. The second kappa shape index (κ2) is 6.92. The predicted octanol–water partition coefficient (Wildman–Crippen LogP) is 2.60.